The van der Waals surface area contributed by atoms with Gasteiger partial charge in [0.25, 0.3) is 0 Å². The van der Waals surface area contributed by atoms with Crippen LogP contribution in [0, 0.1) is 6.92 Å². The molecule has 0 nitrogen and oxygen atoms in total. The lowest BCUT2D eigenvalue weighted by Crippen LogP contribution is -1.96. The van der Waals surface area contributed by atoms with Gasteiger partial charge in [-0.1, -0.05) is 15.9 Å². The summed E-state index contributed by atoms with van der Waals surface area (Å²) in [5, 5.41) is 0. The molecule has 2 aromatic rings. The topological polar surface area (TPSA) is 0 Å². The van der Waals surface area contributed by atoms with Crippen molar-refractivity contribution < 1.29 is 0 Å². The van der Waals surface area contributed by atoms with Crippen molar-refractivity contribution in [2.24, 2.45) is 0 Å². The fourth-order valence-corrected chi connectivity index (χ4v) is 6.89. The first kappa shape index (κ1) is 13.3. The van der Waals surface area contributed by atoms with Crippen molar-refractivity contribution in [1.29, 1.82) is 0 Å². The second-order valence-electron chi connectivity index (χ2n) is 4.74. The molecule has 0 aliphatic heterocycles. The van der Waals surface area contributed by atoms with Crippen LogP contribution < -0.4 is 0 Å². The van der Waals surface area contributed by atoms with Gasteiger partial charge in [-0.2, -0.15) is 0 Å². The second kappa shape index (κ2) is 5.39. The summed E-state index contributed by atoms with van der Waals surface area (Å²) in [5.41, 5.74) is 1.59. The number of halogens is 2. The zero-order chi connectivity index (χ0) is 12.7. The molecular weight excluding hydrogens is 392 g/mol. The van der Waals surface area contributed by atoms with Crippen molar-refractivity contribution in [1.82, 2.24) is 0 Å². The molecule has 0 amide bonds. The van der Waals surface area contributed by atoms with E-state index in [1.54, 1.807) is 10.4 Å². The van der Waals surface area contributed by atoms with Gasteiger partial charge in [-0.25, -0.2) is 0 Å². The normalized spacial score (nSPS) is 16.6. The number of hydrogen-bond donors (Lipinski definition) is 0. The Morgan fingerprint density at radius 3 is 2.61 bits per heavy atom. The Balaban J connectivity index is 1.94. The van der Waals surface area contributed by atoms with Crippen LogP contribution in [0.15, 0.2) is 16.6 Å². The summed E-state index contributed by atoms with van der Waals surface area (Å²) in [4.78, 5) is 6.18. The number of fused-ring (bicyclic) bond motifs is 1. The Morgan fingerprint density at radius 2 is 1.94 bits per heavy atom. The molecule has 96 valence electrons. The lowest BCUT2D eigenvalue weighted by Gasteiger charge is -2.08. The van der Waals surface area contributed by atoms with E-state index in [1.807, 2.05) is 22.7 Å². The minimum absolute atomic E-state index is 0.348. The van der Waals surface area contributed by atoms with Crippen molar-refractivity contribution in [3.63, 3.8) is 0 Å². The minimum atomic E-state index is 0.348. The van der Waals surface area contributed by atoms with Crippen LogP contribution in [0.5, 0.6) is 0 Å². The molecule has 0 bridgehead atoms. The largest absolute Gasteiger partial charge is 0.144 e. The van der Waals surface area contributed by atoms with Crippen LogP contribution >= 0.6 is 54.5 Å². The molecule has 4 heteroatoms. The monoisotopic (exact) mass is 404 g/mol. The summed E-state index contributed by atoms with van der Waals surface area (Å²) in [5.74, 6) is 0. The highest BCUT2D eigenvalue weighted by atomic mass is 79.9. The molecule has 2 heterocycles. The molecule has 1 aliphatic rings. The molecule has 0 saturated carbocycles. The molecule has 0 aromatic carbocycles. The van der Waals surface area contributed by atoms with E-state index in [4.69, 9.17) is 0 Å². The molecule has 1 atom stereocenters. The summed E-state index contributed by atoms with van der Waals surface area (Å²) in [6, 6.07) is 4.63. The maximum atomic E-state index is 3.88. The molecule has 18 heavy (non-hydrogen) atoms. The maximum Gasteiger partial charge on any atom is 0.0842 e. The molecule has 0 spiro atoms. The molecule has 2 aromatic heterocycles. The highest BCUT2D eigenvalue weighted by Crippen LogP contribution is 2.44. The van der Waals surface area contributed by atoms with Crippen molar-refractivity contribution in [3.05, 3.63) is 41.7 Å². The van der Waals surface area contributed by atoms with Gasteiger partial charge in [0.1, 0.15) is 0 Å². The molecule has 1 aliphatic carbocycles. The van der Waals surface area contributed by atoms with Crippen LogP contribution in [-0.4, -0.2) is 0 Å². The zero-order valence-electron chi connectivity index (χ0n) is 10.1. The first-order valence-corrected chi connectivity index (χ1v) is 9.50. The molecule has 3 rings (SSSR count). The summed E-state index contributed by atoms with van der Waals surface area (Å²) in [6.45, 7) is 2.16. The highest BCUT2D eigenvalue weighted by molar-refractivity contribution is 9.11. The summed E-state index contributed by atoms with van der Waals surface area (Å²) >= 11 is 11.4. The Hall–Kier alpha value is 0.360. The summed E-state index contributed by atoms with van der Waals surface area (Å²) in [7, 11) is 0. The number of rotatable bonds is 2. The number of thiophene rings is 2. The van der Waals surface area contributed by atoms with Gasteiger partial charge in [0.15, 0.2) is 0 Å². The first-order chi connectivity index (χ1) is 8.65. The minimum Gasteiger partial charge on any atom is -0.144 e. The van der Waals surface area contributed by atoms with Crippen molar-refractivity contribution in [2.45, 2.75) is 37.4 Å². The van der Waals surface area contributed by atoms with E-state index in [0.29, 0.717) is 4.83 Å². The van der Waals surface area contributed by atoms with E-state index in [2.05, 4.69) is 50.9 Å². The summed E-state index contributed by atoms with van der Waals surface area (Å²) in [6.07, 6.45) is 5.28. The van der Waals surface area contributed by atoms with Gasteiger partial charge in [0, 0.05) is 24.0 Å². The van der Waals surface area contributed by atoms with E-state index in [9.17, 15) is 0 Å². The molecule has 0 radical (unpaired) electrons. The highest BCUT2D eigenvalue weighted by Gasteiger charge is 2.21. The van der Waals surface area contributed by atoms with E-state index >= 15 is 0 Å². The maximum absolute atomic E-state index is 3.88. The average Bonchev–Trinajstić information content (AvgIpc) is 2.91. The van der Waals surface area contributed by atoms with Crippen LogP contribution in [0.4, 0.5) is 0 Å². The fourth-order valence-electron chi connectivity index (χ4n) is 2.44. The standard InChI is InChI=1S/C14H14Br2S2/c1-8-6-10(15)14(17-8)13(16)12-7-9-4-2-3-5-11(9)18-12/h6-7,13H,2-5H2,1H3. The molecule has 1 unspecified atom stereocenters. The first-order valence-electron chi connectivity index (χ1n) is 6.16. The lowest BCUT2D eigenvalue weighted by atomic mass is 9.99. The third kappa shape index (κ3) is 2.49. The van der Waals surface area contributed by atoms with Gasteiger partial charge in [0.05, 0.1) is 4.83 Å². The Labute approximate surface area is 133 Å². The van der Waals surface area contributed by atoms with Crippen LogP contribution in [0.25, 0.3) is 0 Å². The SMILES string of the molecule is Cc1cc(Br)c(C(Br)c2cc3c(s2)CCCC3)s1. The Bertz CT molecular complexity index is 545. The van der Waals surface area contributed by atoms with Crippen LogP contribution in [0.1, 0.15) is 42.7 Å². The predicted molar refractivity (Wildman–Crippen MR) is 88.5 cm³/mol. The fraction of sp³-hybridized carbons (Fsp3) is 0.429. The molecular formula is C14H14Br2S2. The van der Waals surface area contributed by atoms with Gasteiger partial charge in [-0.15, -0.1) is 22.7 Å². The summed E-state index contributed by atoms with van der Waals surface area (Å²) < 4.78 is 1.23. The van der Waals surface area contributed by atoms with E-state index in [-0.39, 0.29) is 0 Å². The van der Waals surface area contributed by atoms with Crippen LogP contribution in [-0.2, 0) is 12.8 Å². The zero-order valence-corrected chi connectivity index (χ0v) is 14.9. The molecule has 0 saturated heterocycles. The third-order valence-electron chi connectivity index (χ3n) is 3.33. The smallest absolute Gasteiger partial charge is 0.0842 e. The lowest BCUT2D eigenvalue weighted by molar-refractivity contribution is 0.697. The van der Waals surface area contributed by atoms with Gasteiger partial charge in [-0.3, -0.25) is 0 Å². The second-order valence-corrected chi connectivity index (χ2v) is 8.96. The molecule has 0 fully saturated rings. The van der Waals surface area contributed by atoms with Gasteiger partial charge < -0.3 is 0 Å². The van der Waals surface area contributed by atoms with Crippen molar-refractivity contribution >= 4 is 54.5 Å². The number of hydrogen-bond acceptors (Lipinski definition) is 2. The Kier molecular flexibility index (Phi) is 4.00. The van der Waals surface area contributed by atoms with Crippen molar-refractivity contribution in [3.8, 4) is 0 Å². The van der Waals surface area contributed by atoms with Crippen molar-refractivity contribution in [2.75, 3.05) is 0 Å². The van der Waals surface area contributed by atoms with E-state index < -0.39 is 0 Å². The average molecular weight is 406 g/mol. The Morgan fingerprint density at radius 1 is 1.17 bits per heavy atom. The van der Waals surface area contributed by atoms with E-state index in [0.717, 1.165) is 0 Å². The molecule has 0 N–H and O–H groups in total. The predicted octanol–water partition coefficient (Wildman–Crippen LogP) is 6.24. The van der Waals surface area contributed by atoms with Gasteiger partial charge in [0.2, 0.25) is 0 Å². The van der Waals surface area contributed by atoms with E-state index in [1.165, 1.54) is 44.8 Å². The van der Waals surface area contributed by atoms with Gasteiger partial charge in [-0.05, 0) is 66.2 Å². The van der Waals surface area contributed by atoms with Crippen LogP contribution in [0.3, 0.4) is 0 Å². The number of aryl methyl sites for hydroxylation is 3. The van der Waals surface area contributed by atoms with Crippen LogP contribution in [0.2, 0.25) is 0 Å². The third-order valence-corrected chi connectivity index (χ3v) is 8.23. The number of alkyl halides is 1. The van der Waals surface area contributed by atoms with Gasteiger partial charge >= 0.3 is 0 Å². The quantitative estimate of drug-likeness (QED) is 0.518.